The molecule has 0 spiro atoms. The molecule has 3 aromatic carbocycles. The van der Waals surface area contributed by atoms with Gasteiger partial charge in [-0.1, -0.05) is 12.1 Å². The van der Waals surface area contributed by atoms with Gasteiger partial charge >= 0.3 is 22.4 Å². The Hall–Kier alpha value is -2.59. The molecule has 3 nitrogen and oxygen atoms in total. The van der Waals surface area contributed by atoms with Gasteiger partial charge < -0.3 is 10.2 Å². The third-order valence-electron chi connectivity index (χ3n) is 3.79. The van der Waals surface area contributed by atoms with Crippen molar-refractivity contribution in [2.24, 2.45) is 0 Å². The molecule has 0 atom stereocenters. The number of rotatable bonds is 3. The Balaban J connectivity index is 0.00000182. The zero-order valence-corrected chi connectivity index (χ0v) is 15.3. The van der Waals surface area contributed by atoms with E-state index >= 15 is 0 Å². The Bertz CT molecular complexity index is 980. The van der Waals surface area contributed by atoms with Crippen molar-refractivity contribution in [2.45, 2.75) is 0 Å². The van der Waals surface area contributed by atoms with Gasteiger partial charge in [0.15, 0.2) is 11.9 Å². The predicted molar refractivity (Wildman–Crippen MR) is 91.5 cm³/mol. The number of nitrogens with zero attached hydrogens (tertiary/aromatic N) is 2. The van der Waals surface area contributed by atoms with Gasteiger partial charge in [0, 0.05) is 6.07 Å². The van der Waals surface area contributed by atoms with Crippen LogP contribution in [0, 0.1) is 12.1 Å². The van der Waals surface area contributed by atoms with Crippen LogP contribution in [0.2, 0.25) is 0 Å². The average Bonchev–Trinajstić information content (AvgIpc) is 3.13. The number of hydrogen-bond donors (Lipinski definition) is 1. The fourth-order valence-electron chi connectivity index (χ4n) is 2.60. The van der Waals surface area contributed by atoms with Crippen molar-refractivity contribution >= 4 is 0 Å². The molecular formula is C21H14AuN2O+. The molecule has 0 aliphatic carbocycles. The Morgan fingerprint density at radius 2 is 1.56 bits per heavy atom. The second-order valence-electron chi connectivity index (χ2n) is 5.39. The minimum atomic E-state index is 0. The quantitative estimate of drug-likeness (QED) is 0.262. The molecule has 4 aromatic rings. The maximum Gasteiger partial charge on any atom is 3.00 e. The minimum Gasteiger partial charge on any atom is -0.502 e. The van der Waals surface area contributed by atoms with E-state index in [4.69, 9.17) is 0 Å². The summed E-state index contributed by atoms with van der Waals surface area (Å²) in [7, 11) is 0. The summed E-state index contributed by atoms with van der Waals surface area (Å²) >= 11 is 0. The van der Waals surface area contributed by atoms with Crippen LogP contribution >= 0.6 is 0 Å². The van der Waals surface area contributed by atoms with E-state index < -0.39 is 0 Å². The summed E-state index contributed by atoms with van der Waals surface area (Å²) in [5, 5.41) is 14.5. The number of aromatic nitrogens is 2. The molecule has 0 aliphatic rings. The average molecular weight is 507 g/mol. The zero-order valence-electron chi connectivity index (χ0n) is 13.1. The molecule has 25 heavy (non-hydrogen) atoms. The first-order valence-electron chi connectivity index (χ1n) is 7.65. The molecule has 0 fully saturated rings. The summed E-state index contributed by atoms with van der Waals surface area (Å²) in [6, 6.07) is 29.4. The molecule has 1 N–H and O–H groups in total. The van der Waals surface area contributed by atoms with Crippen molar-refractivity contribution in [3.05, 3.63) is 91.1 Å². The number of hydrogen-bond acceptors (Lipinski definition) is 1. The summed E-state index contributed by atoms with van der Waals surface area (Å²) in [4.78, 5) is 0. The van der Waals surface area contributed by atoms with Crippen LogP contribution in [0.15, 0.2) is 79.0 Å². The largest absolute Gasteiger partial charge is 3.00 e. The Kier molecular flexibility index (Phi) is 5.19. The van der Waals surface area contributed by atoms with Gasteiger partial charge in [0.25, 0.3) is 0 Å². The Labute approximate surface area is 162 Å². The molecule has 4 heteroatoms. The van der Waals surface area contributed by atoms with E-state index in [2.05, 4.69) is 17.2 Å². The monoisotopic (exact) mass is 507 g/mol. The number of aromatic hydroxyl groups is 1. The van der Waals surface area contributed by atoms with E-state index in [0.717, 1.165) is 22.4 Å². The van der Waals surface area contributed by atoms with Gasteiger partial charge in [-0.05, 0) is 12.1 Å². The van der Waals surface area contributed by atoms with Crippen LogP contribution in [-0.2, 0) is 22.4 Å². The number of para-hydroxylation sites is 2. The van der Waals surface area contributed by atoms with Gasteiger partial charge in [-0.15, -0.1) is 29.5 Å². The third kappa shape index (κ3) is 3.59. The fraction of sp³-hybridized carbons (Fsp3) is 0. The van der Waals surface area contributed by atoms with E-state index in [-0.39, 0.29) is 28.1 Å². The standard InChI is InChI=1S/C21H14N2O.Au/c24-21-12-5-4-11-20(21)23-14-13-19(22-23)18-10-6-9-17(15-18)16-7-2-1-3-8-16;/h1-7,9-14,24H;/q-2;+3. The molecule has 0 aliphatic heterocycles. The molecular weight excluding hydrogens is 493 g/mol. The predicted octanol–water partition coefficient (Wildman–Crippen LogP) is 3.56. The van der Waals surface area contributed by atoms with Crippen LogP contribution in [0.3, 0.4) is 0 Å². The molecule has 0 radical (unpaired) electrons. The van der Waals surface area contributed by atoms with E-state index in [1.807, 2.05) is 66.9 Å². The van der Waals surface area contributed by atoms with Crippen LogP contribution in [0.1, 0.15) is 0 Å². The van der Waals surface area contributed by atoms with Crippen LogP contribution in [0.25, 0.3) is 28.1 Å². The smallest absolute Gasteiger partial charge is 0.502 e. The SMILES string of the molecule is Oc1ccccc1-[n+]1ccc(-c2[c-]c(-c3[c-]cccc3)ccc2)[n-]1.[Au+3]. The van der Waals surface area contributed by atoms with Crippen molar-refractivity contribution < 1.29 is 32.2 Å². The van der Waals surface area contributed by atoms with Gasteiger partial charge in [-0.2, -0.15) is 42.0 Å². The maximum absolute atomic E-state index is 9.96. The van der Waals surface area contributed by atoms with E-state index in [9.17, 15) is 5.11 Å². The van der Waals surface area contributed by atoms with E-state index in [1.165, 1.54) is 0 Å². The van der Waals surface area contributed by atoms with Gasteiger partial charge in [-0.25, -0.2) is 10.2 Å². The topological polar surface area (TPSA) is 38.2 Å². The molecule has 0 unspecified atom stereocenters. The van der Waals surface area contributed by atoms with Crippen molar-refractivity contribution in [1.29, 1.82) is 0 Å². The summed E-state index contributed by atoms with van der Waals surface area (Å²) in [6.45, 7) is 0. The van der Waals surface area contributed by atoms with Crippen molar-refractivity contribution in [2.75, 3.05) is 0 Å². The van der Waals surface area contributed by atoms with Crippen LogP contribution in [0.4, 0.5) is 0 Å². The maximum atomic E-state index is 9.96. The summed E-state index contributed by atoms with van der Waals surface area (Å²) in [6.07, 6.45) is 1.83. The first kappa shape index (κ1) is 17.2. The van der Waals surface area contributed by atoms with Gasteiger partial charge in [0.1, 0.15) is 0 Å². The normalized spacial score (nSPS) is 10.2. The van der Waals surface area contributed by atoms with Crippen LogP contribution in [0.5, 0.6) is 5.75 Å². The second-order valence-corrected chi connectivity index (χ2v) is 5.39. The molecule has 0 saturated carbocycles. The number of phenolic OH excluding ortho intramolecular Hbond substituents is 1. The molecule has 0 bridgehead atoms. The Morgan fingerprint density at radius 3 is 2.36 bits per heavy atom. The second kappa shape index (κ2) is 7.53. The summed E-state index contributed by atoms with van der Waals surface area (Å²) in [5.41, 5.74) is 4.33. The molecule has 1 heterocycles. The number of phenols is 1. The van der Waals surface area contributed by atoms with Crippen LogP contribution in [-0.4, -0.2) is 5.11 Å². The first-order valence-corrected chi connectivity index (χ1v) is 7.65. The van der Waals surface area contributed by atoms with Gasteiger partial charge in [-0.3, -0.25) is 0 Å². The molecule has 4 rings (SSSR count). The molecule has 1 aromatic heterocycles. The van der Waals surface area contributed by atoms with Gasteiger partial charge in [0.2, 0.25) is 5.69 Å². The summed E-state index contributed by atoms with van der Waals surface area (Å²) in [5.74, 6) is 0.198. The van der Waals surface area contributed by atoms with E-state index in [1.54, 1.807) is 16.8 Å². The van der Waals surface area contributed by atoms with Crippen molar-refractivity contribution in [1.82, 2.24) is 5.10 Å². The van der Waals surface area contributed by atoms with Gasteiger partial charge in [0.05, 0.1) is 0 Å². The molecule has 124 valence electrons. The summed E-state index contributed by atoms with van der Waals surface area (Å²) < 4.78 is 1.67. The Morgan fingerprint density at radius 1 is 0.800 bits per heavy atom. The molecule has 0 saturated heterocycles. The zero-order chi connectivity index (χ0) is 16.4. The van der Waals surface area contributed by atoms with Crippen LogP contribution < -0.4 is 9.78 Å². The molecule has 0 amide bonds. The third-order valence-corrected chi connectivity index (χ3v) is 3.79. The number of benzene rings is 3. The van der Waals surface area contributed by atoms with Crippen molar-refractivity contribution in [3.63, 3.8) is 0 Å². The minimum absolute atomic E-state index is 0. The van der Waals surface area contributed by atoms with E-state index in [0.29, 0.717) is 5.69 Å². The first-order chi connectivity index (χ1) is 11.8. The fourth-order valence-corrected chi connectivity index (χ4v) is 2.60. The van der Waals surface area contributed by atoms with Crippen molar-refractivity contribution in [3.8, 4) is 33.8 Å².